The molecule has 0 radical (unpaired) electrons. The van der Waals surface area contributed by atoms with Crippen LogP contribution >= 0.6 is 0 Å². The summed E-state index contributed by atoms with van der Waals surface area (Å²) in [6, 6.07) is 5.04. The number of aliphatic imine (C=N–C) groups is 1. The highest BCUT2D eigenvalue weighted by atomic mass is 19.1. The van der Waals surface area contributed by atoms with Gasteiger partial charge >= 0.3 is 0 Å². The molecule has 2 aliphatic heterocycles. The lowest BCUT2D eigenvalue weighted by molar-refractivity contribution is -0.140. The Bertz CT molecular complexity index is 1630. The predicted octanol–water partition coefficient (Wildman–Crippen LogP) is 3.10. The Kier molecular flexibility index (Phi) is 5.72. The second kappa shape index (κ2) is 8.94. The molecule has 2 atom stereocenters. The Balaban J connectivity index is 1.39. The Morgan fingerprint density at radius 3 is 2.50 bits per heavy atom. The smallest absolute Gasteiger partial charge is 0.256 e. The molecule has 1 spiro atoms. The van der Waals surface area contributed by atoms with Gasteiger partial charge in [-0.25, -0.2) is 13.8 Å². The first kappa shape index (κ1) is 25.6. The van der Waals surface area contributed by atoms with Gasteiger partial charge in [0, 0.05) is 67.3 Å². The molecule has 12 heteroatoms. The highest BCUT2D eigenvalue weighted by Gasteiger charge is 2.65. The number of pyridine rings is 1. The van der Waals surface area contributed by atoms with Crippen LogP contribution in [-0.2, 0) is 20.5 Å². The summed E-state index contributed by atoms with van der Waals surface area (Å²) in [5, 5.41) is 13.9. The topological polar surface area (TPSA) is 123 Å². The number of nitrogens with zero attached hydrogens (tertiary/aromatic N) is 6. The van der Waals surface area contributed by atoms with Crippen LogP contribution in [0.25, 0.3) is 11.3 Å². The van der Waals surface area contributed by atoms with Crippen molar-refractivity contribution in [3.8, 4) is 28.8 Å². The molecular weight excluding hydrogens is 522 g/mol. The number of hydrogen-bond donors (Lipinski definition) is 0. The van der Waals surface area contributed by atoms with Gasteiger partial charge in [-0.2, -0.15) is 10.4 Å². The molecule has 3 aliphatic rings. The second-order valence-electron chi connectivity index (χ2n) is 10.4. The Morgan fingerprint density at radius 1 is 1.18 bits per heavy atom. The first-order valence-electron chi connectivity index (χ1n) is 12.6. The summed E-state index contributed by atoms with van der Waals surface area (Å²) < 4.78 is 42.6. The number of halogens is 2. The van der Waals surface area contributed by atoms with Crippen LogP contribution in [0.4, 0.5) is 8.78 Å². The quantitative estimate of drug-likeness (QED) is 0.466. The third-order valence-electron chi connectivity index (χ3n) is 8.22. The number of carbonyl (C=O) groups is 2. The predicted molar refractivity (Wildman–Crippen MR) is 137 cm³/mol. The molecule has 0 bridgehead atoms. The van der Waals surface area contributed by atoms with Crippen LogP contribution in [0.3, 0.4) is 0 Å². The van der Waals surface area contributed by atoms with Crippen molar-refractivity contribution in [2.24, 2.45) is 4.99 Å². The number of likely N-dealkylation sites (tertiary alicyclic amines) is 1. The van der Waals surface area contributed by atoms with Crippen molar-refractivity contribution in [3.05, 3.63) is 59.0 Å². The fourth-order valence-corrected chi connectivity index (χ4v) is 5.91. The number of fused-ring (bicyclic) bond motifs is 2. The van der Waals surface area contributed by atoms with Crippen molar-refractivity contribution in [3.63, 3.8) is 0 Å². The summed E-state index contributed by atoms with van der Waals surface area (Å²) in [7, 11) is 2.54. The zero-order chi connectivity index (χ0) is 28.4. The molecule has 4 heterocycles. The third kappa shape index (κ3) is 3.53. The fourth-order valence-electron chi connectivity index (χ4n) is 5.91. The molecule has 40 heavy (non-hydrogen) atoms. The van der Waals surface area contributed by atoms with E-state index < -0.39 is 34.4 Å². The molecule has 10 nitrogen and oxygen atoms in total. The molecule has 2 fully saturated rings. The lowest BCUT2D eigenvalue weighted by atomic mass is 9.85. The van der Waals surface area contributed by atoms with Crippen molar-refractivity contribution in [1.82, 2.24) is 19.7 Å². The first-order valence-corrected chi connectivity index (χ1v) is 12.6. The molecule has 1 saturated heterocycles. The Hall–Kier alpha value is -4.66. The van der Waals surface area contributed by atoms with Gasteiger partial charge in [0.25, 0.3) is 5.91 Å². The van der Waals surface area contributed by atoms with Gasteiger partial charge in [0.1, 0.15) is 5.54 Å². The summed E-state index contributed by atoms with van der Waals surface area (Å²) in [6.07, 6.45) is 6.66. The number of nitriles is 1. The van der Waals surface area contributed by atoms with E-state index in [9.17, 15) is 14.9 Å². The maximum atomic E-state index is 15.4. The van der Waals surface area contributed by atoms with Crippen molar-refractivity contribution in [1.29, 1.82) is 5.26 Å². The number of carbonyl (C=O) groups excluding carboxylic acids is 2. The highest BCUT2D eigenvalue weighted by molar-refractivity contribution is 6.06. The number of methoxy groups -OCH3 is 2. The number of ether oxygens (including phenoxy) is 2. The van der Waals surface area contributed by atoms with Gasteiger partial charge in [-0.1, -0.05) is 0 Å². The van der Waals surface area contributed by atoms with E-state index in [1.807, 2.05) is 0 Å². The number of rotatable bonds is 6. The lowest BCUT2D eigenvalue weighted by Crippen LogP contribution is -2.63. The second-order valence-corrected chi connectivity index (χ2v) is 10.4. The van der Waals surface area contributed by atoms with Crippen LogP contribution in [0.15, 0.2) is 35.7 Å². The van der Waals surface area contributed by atoms with E-state index in [1.165, 1.54) is 27.4 Å². The lowest BCUT2D eigenvalue weighted by Gasteiger charge is -2.48. The largest absolute Gasteiger partial charge is 0.494 e. The molecule has 204 valence electrons. The summed E-state index contributed by atoms with van der Waals surface area (Å²) in [4.78, 5) is 35.2. The summed E-state index contributed by atoms with van der Waals surface area (Å²) in [5.41, 5.74) is 0.0755. The molecule has 2 unspecified atom stereocenters. The number of amides is 2. The van der Waals surface area contributed by atoms with E-state index in [0.717, 1.165) is 6.07 Å². The molecular formula is C28H24F2N6O4. The van der Waals surface area contributed by atoms with Crippen LogP contribution in [0.5, 0.6) is 11.5 Å². The van der Waals surface area contributed by atoms with Gasteiger partial charge in [0.15, 0.2) is 23.1 Å². The summed E-state index contributed by atoms with van der Waals surface area (Å²) >= 11 is 0. The van der Waals surface area contributed by atoms with Crippen LogP contribution < -0.4 is 9.47 Å². The van der Waals surface area contributed by atoms with Gasteiger partial charge in [-0.15, -0.1) is 0 Å². The molecule has 1 saturated carbocycles. The number of aromatic nitrogens is 3. The van der Waals surface area contributed by atoms with E-state index in [-0.39, 0.29) is 35.8 Å². The average molecular weight is 547 g/mol. The van der Waals surface area contributed by atoms with Gasteiger partial charge < -0.3 is 14.4 Å². The Morgan fingerprint density at radius 2 is 1.88 bits per heavy atom. The molecule has 1 aliphatic carbocycles. The molecule has 3 aromatic rings. The van der Waals surface area contributed by atoms with E-state index in [4.69, 9.17) is 9.47 Å². The van der Waals surface area contributed by atoms with Crippen molar-refractivity contribution in [2.75, 3.05) is 27.3 Å². The van der Waals surface area contributed by atoms with E-state index >= 15 is 8.78 Å². The normalized spacial score (nSPS) is 21.9. The summed E-state index contributed by atoms with van der Waals surface area (Å²) in [6.45, 7) is 2.21. The van der Waals surface area contributed by atoms with Crippen LogP contribution in [-0.4, -0.2) is 65.0 Å². The third-order valence-corrected chi connectivity index (χ3v) is 8.22. The molecule has 2 amide bonds. The average Bonchev–Trinajstić information content (AvgIpc) is 3.43. The van der Waals surface area contributed by atoms with E-state index in [2.05, 4.69) is 21.1 Å². The van der Waals surface area contributed by atoms with Gasteiger partial charge in [0.2, 0.25) is 5.91 Å². The highest BCUT2D eigenvalue weighted by Crippen LogP contribution is 2.64. The SMILES string of the molecule is COc1cc(OC)c(F)c(C2CC23C(=O)N=Cc2cnc(-c4cnn(C5(CC#N)CN(C(C)=O)C5)c4)cc23)c1F. The molecule has 2 aromatic heterocycles. The zero-order valence-electron chi connectivity index (χ0n) is 21.9. The molecule has 6 rings (SSSR count). The van der Waals surface area contributed by atoms with Crippen LogP contribution in [0.2, 0.25) is 0 Å². The monoisotopic (exact) mass is 546 g/mol. The van der Waals surface area contributed by atoms with Gasteiger partial charge in [-0.05, 0) is 18.1 Å². The molecule has 1 aromatic carbocycles. The fraction of sp³-hybridized carbons (Fsp3) is 0.357. The van der Waals surface area contributed by atoms with Gasteiger partial charge in [0.05, 0.1) is 44.0 Å². The first-order chi connectivity index (χ1) is 19.2. The van der Waals surface area contributed by atoms with Crippen molar-refractivity contribution >= 4 is 18.0 Å². The Labute approximate surface area is 227 Å². The van der Waals surface area contributed by atoms with E-state index in [0.29, 0.717) is 35.5 Å². The minimum atomic E-state index is -1.27. The maximum absolute atomic E-state index is 15.4. The number of hydrogen-bond acceptors (Lipinski definition) is 7. The van der Waals surface area contributed by atoms with E-state index in [1.54, 1.807) is 34.2 Å². The minimum absolute atomic E-state index is 0.0746. The van der Waals surface area contributed by atoms with Crippen molar-refractivity contribution < 1.29 is 27.8 Å². The van der Waals surface area contributed by atoms with Crippen LogP contribution in [0.1, 0.15) is 42.4 Å². The summed E-state index contributed by atoms with van der Waals surface area (Å²) in [5.74, 6) is -3.54. The maximum Gasteiger partial charge on any atom is 0.256 e. The standard InChI is InChI=1S/C28H24F2N6O4/c1-15(37)35-13-27(14-35,4-5-31)36-12-17(11-34-36)20-6-18-16(9-32-20)10-33-26(38)28(18)8-19(28)23-24(29)21(39-2)7-22(40-3)25(23)30/h6-7,9-12,19H,4,8,13-14H2,1-3H3. The van der Waals surface area contributed by atoms with Crippen LogP contribution in [0, 0.1) is 23.0 Å². The minimum Gasteiger partial charge on any atom is -0.494 e. The zero-order valence-corrected chi connectivity index (χ0v) is 21.9. The molecule has 0 N–H and O–H groups in total. The van der Waals surface area contributed by atoms with Crippen molar-refractivity contribution in [2.45, 2.75) is 36.6 Å². The van der Waals surface area contributed by atoms with Gasteiger partial charge in [-0.3, -0.25) is 19.3 Å². The number of benzene rings is 1.